The van der Waals surface area contributed by atoms with E-state index in [0.717, 1.165) is 5.39 Å². The topological polar surface area (TPSA) is 74.6 Å². The van der Waals surface area contributed by atoms with Gasteiger partial charge in [-0.05, 0) is 22.4 Å². The van der Waals surface area contributed by atoms with Crippen LogP contribution in [0.2, 0.25) is 0 Å². The lowest BCUT2D eigenvalue weighted by molar-refractivity contribution is -0.138. The van der Waals surface area contributed by atoms with Crippen molar-refractivity contribution in [3.05, 3.63) is 78.4 Å². The number of hydrogen-bond donors (Lipinski definition) is 2. The van der Waals surface area contributed by atoms with E-state index in [4.69, 9.17) is 0 Å². The van der Waals surface area contributed by atoms with Crippen LogP contribution >= 0.6 is 7.37 Å². The molecule has 3 aromatic carbocycles. The first kappa shape index (κ1) is 16.4. The monoisotopic (exact) mass is 340 g/mol. The standard InChI is InChI=1S/C19H17O4P/c20-19(21)17(15-7-2-1-3-8-15)13-24(22,23)18-12-6-10-14-9-4-5-11-16(14)18/h1-12,17H,13H2,(H,20,21)(H,22,23). The van der Waals surface area contributed by atoms with Crippen LogP contribution in [0.5, 0.6) is 0 Å². The Morgan fingerprint density at radius 3 is 2.25 bits per heavy atom. The molecule has 0 saturated heterocycles. The van der Waals surface area contributed by atoms with Gasteiger partial charge in [-0.15, -0.1) is 0 Å². The zero-order valence-electron chi connectivity index (χ0n) is 12.9. The summed E-state index contributed by atoms with van der Waals surface area (Å²) < 4.78 is 13.0. The van der Waals surface area contributed by atoms with Gasteiger partial charge in [0.15, 0.2) is 0 Å². The van der Waals surface area contributed by atoms with Crippen molar-refractivity contribution in [2.75, 3.05) is 6.16 Å². The molecule has 5 heteroatoms. The van der Waals surface area contributed by atoms with Crippen molar-refractivity contribution < 1.29 is 19.4 Å². The number of fused-ring (bicyclic) bond motifs is 1. The Morgan fingerprint density at radius 2 is 1.54 bits per heavy atom. The molecule has 122 valence electrons. The van der Waals surface area contributed by atoms with Crippen molar-refractivity contribution in [2.24, 2.45) is 0 Å². The van der Waals surface area contributed by atoms with E-state index in [9.17, 15) is 19.4 Å². The van der Waals surface area contributed by atoms with Gasteiger partial charge in [0.1, 0.15) is 0 Å². The van der Waals surface area contributed by atoms with Gasteiger partial charge in [0.2, 0.25) is 7.37 Å². The molecule has 0 fully saturated rings. The number of benzene rings is 3. The average Bonchev–Trinajstić information content (AvgIpc) is 2.60. The van der Waals surface area contributed by atoms with Crippen molar-refractivity contribution in [2.45, 2.75) is 5.92 Å². The quantitative estimate of drug-likeness (QED) is 0.696. The second-order valence-corrected chi connectivity index (χ2v) is 7.93. The molecule has 4 nitrogen and oxygen atoms in total. The van der Waals surface area contributed by atoms with Gasteiger partial charge < -0.3 is 10.00 Å². The number of hydrogen-bond acceptors (Lipinski definition) is 2. The molecule has 0 radical (unpaired) electrons. The van der Waals surface area contributed by atoms with Gasteiger partial charge in [-0.3, -0.25) is 9.36 Å². The fourth-order valence-corrected chi connectivity index (χ4v) is 4.83. The summed E-state index contributed by atoms with van der Waals surface area (Å²) in [7, 11) is -3.85. The lowest BCUT2D eigenvalue weighted by Crippen LogP contribution is -2.20. The van der Waals surface area contributed by atoms with Crippen LogP contribution in [0.25, 0.3) is 10.8 Å². The smallest absolute Gasteiger partial charge is 0.311 e. The minimum Gasteiger partial charge on any atom is -0.481 e. The van der Waals surface area contributed by atoms with Crippen LogP contribution < -0.4 is 5.30 Å². The summed E-state index contributed by atoms with van der Waals surface area (Å²) in [4.78, 5) is 22.3. The SMILES string of the molecule is O=C(O)C(CP(=O)(O)c1cccc2ccccc12)c1ccccc1. The fourth-order valence-electron chi connectivity index (χ4n) is 2.87. The number of aliphatic carboxylic acids is 1. The molecule has 0 aliphatic heterocycles. The predicted octanol–water partition coefficient (Wildman–Crippen LogP) is 3.60. The third-order valence-corrected chi connectivity index (χ3v) is 6.08. The van der Waals surface area contributed by atoms with Crippen molar-refractivity contribution in [3.8, 4) is 0 Å². The molecule has 0 bridgehead atoms. The Hall–Kier alpha value is -2.42. The van der Waals surface area contributed by atoms with E-state index in [0.29, 0.717) is 16.3 Å². The Balaban J connectivity index is 2.03. The van der Waals surface area contributed by atoms with E-state index in [1.165, 1.54) is 0 Å². The Morgan fingerprint density at radius 1 is 0.917 bits per heavy atom. The molecule has 0 amide bonds. The molecule has 0 saturated carbocycles. The molecule has 2 unspecified atom stereocenters. The molecule has 2 atom stereocenters. The maximum absolute atomic E-state index is 13.0. The van der Waals surface area contributed by atoms with Gasteiger partial charge in [0.25, 0.3) is 0 Å². The minimum atomic E-state index is -3.85. The maximum atomic E-state index is 13.0. The average molecular weight is 340 g/mol. The van der Waals surface area contributed by atoms with Crippen LogP contribution in [0.15, 0.2) is 72.8 Å². The summed E-state index contributed by atoms with van der Waals surface area (Å²) in [6.07, 6.45) is -0.333. The molecule has 2 N–H and O–H groups in total. The molecular weight excluding hydrogens is 323 g/mol. The number of carboxylic acid groups (broad SMARTS) is 1. The highest BCUT2D eigenvalue weighted by Gasteiger charge is 2.32. The van der Waals surface area contributed by atoms with E-state index in [-0.39, 0.29) is 6.16 Å². The molecule has 0 aliphatic rings. The van der Waals surface area contributed by atoms with Crippen LogP contribution in [-0.4, -0.2) is 22.1 Å². The maximum Gasteiger partial charge on any atom is 0.311 e. The molecular formula is C19H17O4P. The van der Waals surface area contributed by atoms with Crippen molar-refractivity contribution in [3.63, 3.8) is 0 Å². The molecule has 3 rings (SSSR count). The van der Waals surface area contributed by atoms with Gasteiger partial charge >= 0.3 is 5.97 Å². The first-order valence-electron chi connectivity index (χ1n) is 7.57. The Labute approximate surface area is 139 Å². The molecule has 0 aliphatic carbocycles. The predicted molar refractivity (Wildman–Crippen MR) is 95.1 cm³/mol. The second kappa shape index (κ2) is 6.60. The molecule has 24 heavy (non-hydrogen) atoms. The van der Waals surface area contributed by atoms with Gasteiger partial charge in [0, 0.05) is 11.5 Å². The zero-order chi connectivity index (χ0) is 17.2. The van der Waals surface area contributed by atoms with Crippen LogP contribution in [-0.2, 0) is 9.36 Å². The number of carboxylic acids is 1. The van der Waals surface area contributed by atoms with Crippen LogP contribution in [0.4, 0.5) is 0 Å². The highest BCUT2D eigenvalue weighted by molar-refractivity contribution is 7.66. The Bertz CT molecular complexity index is 916. The van der Waals surface area contributed by atoms with Gasteiger partial charge in [0.05, 0.1) is 5.92 Å². The summed E-state index contributed by atoms with van der Waals surface area (Å²) in [5.41, 5.74) is 0.527. The first-order valence-corrected chi connectivity index (χ1v) is 9.41. The molecule has 3 aromatic rings. The minimum absolute atomic E-state index is 0.308. The normalized spacial score (nSPS) is 14.9. The highest BCUT2D eigenvalue weighted by atomic mass is 31.2. The van der Waals surface area contributed by atoms with E-state index in [1.54, 1.807) is 54.6 Å². The first-order chi connectivity index (χ1) is 11.5. The number of rotatable bonds is 5. The van der Waals surface area contributed by atoms with Crippen LogP contribution in [0.1, 0.15) is 11.5 Å². The van der Waals surface area contributed by atoms with E-state index >= 15 is 0 Å². The van der Waals surface area contributed by atoms with Gasteiger partial charge in [-0.25, -0.2) is 0 Å². The molecule has 0 aromatic heterocycles. The van der Waals surface area contributed by atoms with Crippen molar-refractivity contribution in [1.29, 1.82) is 0 Å². The largest absolute Gasteiger partial charge is 0.481 e. The van der Waals surface area contributed by atoms with Crippen molar-refractivity contribution in [1.82, 2.24) is 0 Å². The summed E-state index contributed by atoms with van der Waals surface area (Å²) >= 11 is 0. The zero-order valence-corrected chi connectivity index (χ0v) is 13.8. The summed E-state index contributed by atoms with van der Waals surface area (Å²) in [5, 5.41) is 11.4. The second-order valence-electron chi connectivity index (χ2n) is 5.68. The summed E-state index contributed by atoms with van der Waals surface area (Å²) in [5.74, 6) is -2.13. The van der Waals surface area contributed by atoms with E-state index < -0.39 is 19.3 Å². The Kier molecular flexibility index (Phi) is 4.52. The van der Waals surface area contributed by atoms with Crippen molar-refractivity contribution >= 4 is 29.4 Å². The molecule has 0 spiro atoms. The third kappa shape index (κ3) is 3.25. The lowest BCUT2D eigenvalue weighted by atomic mass is 10.0. The van der Waals surface area contributed by atoms with Crippen LogP contribution in [0, 0.1) is 0 Å². The summed E-state index contributed by atoms with van der Waals surface area (Å²) in [6.45, 7) is 0. The summed E-state index contributed by atoms with van der Waals surface area (Å²) in [6, 6.07) is 21.1. The lowest BCUT2D eigenvalue weighted by Gasteiger charge is -2.19. The van der Waals surface area contributed by atoms with Gasteiger partial charge in [-0.1, -0.05) is 66.7 Å². The highest BCUT2D eigenvalue weighted by Crippen LogP contribution is 2.45. The molecule has 0 heterocycles. The van der Waals surface area contributed by atoms with E-state index in [2.05, 4.69) is 0 Å². The fraction of sp³-hybridized carbons (Fsp3) is 0.105. The van der Waals surface area contributed by atoms with E-state index in [1.807, 2.05) is 18.2 Å². The third-order valence-electron chi connectivity index (χ3n) is 4.07. The number of carbonyl (C=O) groups is 1. The van der Waals surface area contributed by atoms with Crippen LogP contribution in [0.3, 0.4) is 0 Å². The van der Waals surface area contributed by atoms with Gasteiger partial charge in [-0.2, -0.15) is 0 Å².